The molecule has 0 spiro atoms. The van der Waals surface area contributed by atoms with E-state index in [0.717, 1.165) is 19.3 Å². The molecule has 0 saturated heterocycles. The summed E-state index contributed by atoms with van der Waals surface area (Å²) >= 11 is 0.655. The maximum absolute atomic E-state index is 12.5. The summed E-state index contributed by atoms with van der Waals surface area (Å²) in [6.45, 7) is 2.27. The van der Waals surface area contributed by atoms with Crippen LogP contribution in [0.5, 0.6) is 0 Å². The third-order valence-electron chi connectivity index (χ3n) is 4.09. The molecule has 0 aliphatic heterocycles. The Hall–Kier alpha value is -1.38. The molecule has 1 fully saturated rings. The molecule has 2 nitrogen and oxygen atoms in total. The predicted molar refractivity (Wildman–Crippen MR) is 91.2 cm³/mol. The molecule has 0 unspecified atom stereocenters. The number of nitrogens with one attached hydrogen (secondary N) is 1. The van der Waals surface area contributed by atoms with Crippen LogP contribution in [0.3, 0.4) is 0 Å². The van der Waals surface area contributed by atoms with Crippen LogP contribution in [0.2, 0.25) is 0 Å². The number of hydrogen-bond acceptors (Lipinski definition) is 2. The Morgan fingerprint density at radius 2 is 1.73 bits per heavy atom. The van der Waals surface area contributed by atoms with Gasteiger partial charge in [0, 0.05) is 10.8 Å². The van der Waals surface area contributed by atoms with Crippen molar-refractivity contribution < 1.29 is 26.3 Å². The summed E-state index contributed by atoms with van der Waals surface area (Å²) in [5.74, 6) is -0.835. The lowest BCUT2D eigenvalue weighted by Crippen LogP contribution is -2.40. The van der Waals surface area contributed by atoms with Gasteiger partial charge in [-0.15, -0.1) is 11.8 Å². The van der Waals surface area contributed by atoms with Gasteiger partial charge in [-0.05, 0) is 43.9 Å². The first-order valence-electron chi connectivity index (χ1n) is 8.14. The van der Waals surface area contributed by atoms with Crippen LogP contribution < -0.4 is 5.32 Å². The normalized spacial score (nSPS) is 16.5. The van der Waals surface area contributed by atoms with Gasteiger partial charge in [0.2, 0.25) is 0 Å². The largest absolute Gasteiger partial charge is 0.405 e. The molecule has 0 atom stereocenters. The molecule has 146 valence electrons. The van der Waals surface area contributed by atoms with E-state index in [4.69, 9.17) is 0 Å². The monoisotopic (exact) mass is 398 g/mol. The Labute approximate surface area is 152 Å². The van der Waals surface area contributed by atoms with Crippen molar-refractivity contribution in [1.82, 2.24) is 5.32 Å². The Morgan fingerprint density at radius 1 is 1.08 bits per heavy atom. The molecule has 1 aliphatic rings. The number of alkyl halides is 6. The van der Waals surface area contributed by atoms with Crippen molar-refractivity contribution in [2.24, 2.45) is 10.9 Å². The van der Waals surface area contributed by atoms with Crippen LogP contribution in [-0.4, -0.2) is 30.5 Å². The third-order valence-corrected chi connectivity index (χ3v) is 5.31. The summed E-state index contributed by atoms with van der Waals surface area (Å²) in [5.41, 5.74) is 1.80. The fourth-order valence-corrected chi connectivity index (χ4v) is 3.34. The summed E-state index contributed by atoms with van der Waals surface area (Å²) in [6.07, 6.45) is -6.22. The number of hydrogen-bond donors (Lipinski definition) is 1. The lowest BCUT2D eigenvalue weighted by atomic mass is 9.84. The van der Waals surface area contributed by atoms with Crippen molar-refractivity contribution in [3.05, 3.63) is 23.3 Å². The van der Waals surface area contributed by atoms with Crippen molar-refractivity contribution in [2.45, 2.75) is 50.4 Å². The second kappa shape index (κ2) is 8.10. The minimum atomic E-state index is -4.36. The van der Waals surface area contributed by atoms with Crippen molar-refractivity contribution in [3.63, 3.8) is 0 Å². The summed E-state index contributed by atoms with van der Waals surface area (Å²) < 4.78 is 75.0. The molecule has 2 rings (SSSR count). The minimum absolute atomic E-state index is 0.0654. The zero-order valence-electron chi connectivity index (χ0n) is 14.4. The number of aryl methyl sites for hydroxylation is 2. The molecule has 1 saturated carbocycles. The number of rotatable bonds is 5. The van der Waals surface area contributed by atoms with Crippen LogP contribution in [0.4, 0.5) is 32.0 Å². The van der Waals surface area contributed by atoms with Crippen LogP contribution in [0.15, 0.2) is 22.0 Å². The molecule has 1 N–H and O–H groups in total. The summed E-state index contributed by atoms with van der Waals surface area (Å²) in [6, 6.07) is 3.23. The number of amidine groups is 1. The van der Waals surface area contributed by atoms with Crippen LogP contribution in [0.1, 0.15) is 30.4 Å². The Bertz CT molecular complexity index is 662. The van der Waals surface area contributed by atoms with E-state index in [0.29, 0.717) is 33.5 Å². The van der Waals surface area contributed by atoms with Gasteiger partial charge in [0.1, 0.15) is 12.4 Å². The average molecular weight is 398 g/mol. The maximum atomic E-state index is 12.5. The zero-order valence-corrected chi connectivity index (χ0v) is 15.2. The Kier molecular flexibility index (Phi) is 6.52. The molecule has 0 heterocycles. The number of nitrogens with zero attached hydrogens (tertiary/aromatic N) is 1. The van der Waals surface area contributed by atoms with Crippen LogP contribution in [0.25, 0.3) is 0 Å². The van der Waals surface area contributed by atoms with E-state index in [2.05, 4.69) is 10.3 Å². The fourth-order valence-electron chi connectivity index (χ4n) is 2.53. The van der Waals surface area contributed by atoms with Gasteiger partial charge in [0.15, 0.2) is 0 Å². The molecule has 1 aliphatic carbocycles. The molecule has 0 amide bonds. The van der Waals surface area contributed by atoms with Gasteiger partial charge in [-0.1, -0.05) is 12.5 Å². The van der Waals surface area contributed by atoms with Gasteiger partial charge in [-0.3, -0.25) is 0 Å². The predicted octanol–water partition coefficient (Wildman–Crippen LogP) is 5.94. The van der Waals surface area contributed by atoms with Crippen molar-refractivity contribution in [2.75, 3.05) is 12.3 Å². The van der Waals surface area contributed by atoms with Crippen LogP contribution in [0, 0.1) is 19.8 Å². The number of benzene rings is 1. The lowest BCUT2D eigenvalue weighted by molar-refractivity contribution is -0.122. The highest BCUT2D eigenvalue weighted by atomic mass is 32.2. The van der Waals surface area contributed by atoms with Crippen molar-refractivity contribution in [3.8, 4) is 0 Å². The van der Waals surface area contributed by atoms with Gasteiger partial charge < -0.3 is 5.32 Å². The first-order chi connectivity index (χ1) is 11.9. The number of thioether (sulfide) groups is 1. The highest BCUT2D eigenvalue weighted by Gasteiger charge is 2.31. The SMILES string of the molecule is Cc1cc(C)c(SCC(F)(F)F)cc1/N=C(\NCC(F)(F)F)C1CCC1. The standard InChI is InChI=1S/C17H20F6N2S/c1-10-6-11(2)14(26-9-17(21,22)23)7-13(10)25-15(12-4-3-5-12)24-8-16(18,19)20/h6-7,12H,3-5,8-9H2,1-2H3,(H,24,25). The molecule has 9 heteroatoms. The molecule has 0 bridgehead atoms. The molecule has 0 aromatic heterocycles. The smallest absolute Gasteiger partial charge is 0.364 e. The maximum Gasteiger partial charge on any atom is 0.405 e. The number of aliphatic imine (C=N–C) groups is 1. The van der Waals surface area contributed by atoms with Gasteiger partial charge >= 0.3 is 12.4 Å². The Morgan fingerprint density at radius 3 is 2.23 bits per heavy atom. The quantitative estimate of drug-likeness (QED) is 0.287. The third kappa shape index (κ3) is 6.41. The topological polar surface area (TPSA) is 24.4 Å². The van der Waals surface area contributed by atoms with E-state index >= 15 is 0 Å². The number of halogens is 6. The fraction of sp³-hybridized carbons (Fsp3) is 0.588. The lowest BCUT2D eigenvalue weighted by Gasteiger charge is -2.28. The second-order valence-corrected chi connectivity index (χ2v) is 7.42. The van der Waals surface area contributed by atoms with Crippen LogP contribution >= 0.6 is 11.8 Å². The highest BCUT2D eigenvalue weighted by molar-refractivity contribution is 7.99. The Balaban J connectivity index is 2.26. The highest BCUT2D eigenvalue weighted by Crippen LogP contribution is 2.35. The average Bonchev–Trinajstić information content (AvgIpc) is 2.42. The van der Waals surface area contributed by atoms with Gasteiger partial charge in [0.05, 0.1) is 11.4 Å². The molecular formula is C17H20F6N2S. The molecular weight excluding hydrogens is 378 g/mol. The van der Waals surface area contributed by atoms with E-state index in [1.165, 1.54) is 6.07 Å². The van der Waals surface area contributed by atoms with Gasteiger partial charge in [0.25, 0.3) is 0 Å². The summed E-state index contributed by atoms with van der Waals surface area (Å²) in [7, 11) is 0. The molecule has 0 radical (unpaired) electrons. The van der Waals surface area contributed by atoms with E-state index < -0.39 is 24.7 Å². The van der Waals surface area contributed by atoms with Gasteiger partial charge in [-0.2, -0.15) is 26.3 Å². The van der Waals surface area contributed by atoms with Crippen LogP contribution in [-0.2, 0) is 0 Å². The summed E-state index contributed by atoms with van der Waals surface area (Å²) in [5, 5.41) is 2.37. The van der Waals surface area contributed by atoms with E-state index in [1.54, 1.807) is 19.9 Å². The van der Waals surface area contributed by atoms with E-state index in [-0.39, 0.29) is 11.8 Å². The second-order valence-electron chi connectivity index (χ2n) is 6.40. The molecule has 1 aromatic rings. The van der Waals surface area contributed by atoms with E-state index in [1.807, 2.05) is 0 Å². The first-order valence-corrected chi connectivity index (χ1v) is 9.13. The summed E-state index contributed by atoms with van der Waals surface area (Å²) in [4.78, 5) is 4.77. The van der Waals surface area contributed by atoms with E-state index in [9.17, 15) is 26.3 Å². The van der Waals surface area contributed by atoms with Gasteiger partial charge in [-0.25, -0.2) is 4.99 Å². The molecule has 1 aromatic carbocycles. The first kappa shape index (κ1) is 20.9. The minimum Gasteiger partial charge on any atom is -0.364 e. The molecule has 26 heavy (non-hydrogen) atoms. The van der Waals surface area contributed by atoms with Crippen molar-refractivity contribution in [1.29, 1.82) is 0 Å². The van der Waals surface area contributed by atoms with Crippen molar-refractivity contribution >= 4 is 23.3 Å². The zero-order chi connectivity index (χ0) is 19.5.